The van der Waals surface area contributed by atoms with Crippen LogP contribution >= 0.6 is 11.6 Å². The molecule has 9 heteroatoms. The van der Waals surface area contributed by atoms with Crippen LogP contribution in [0, 0.1) is 13.8 Å². The van der Waals surface area contributed by atoms with Crippen molar-refractivity contribution in [2.45, 2.75) is 84.3 Å². The second kappa shape index (κ2) is 13.5. The van der Waals surface area contributed by atoms with Gasteiger partial charge in [0.05, 0.1) is 11.9 Å². The molecule has 1 atom stereocenters. The van der Waals surface area contributed by atoms with E-state index in [0.29, 0.717) is 17.1 Å². The van der Waals surface area contributed by atoms with E-state index in [4.69, 9.17) is 11.6 Å². The minimum atomic E-state index is -3.54. The molecule has 0 bridgehead atoms. The van der Waals surface area contributed by atoms with Crippen LogP contribution in [0.3, 0.4) is 0 Å². The molecule has 2 amide bonds. The number of carbonyl (C=O) groups is 2. The second-order valence-electron chi connectivity index (χ2n) is 10.4. The van der Waals surface area contributed by atoms with Gasteiger partial charge in [-0.1, -0.05) is 49.1 Å². The van der Waals surface area contributed by atoms with Crippen molar-refractivity contribution in [3.8, 4) is 0 Å². The number of rotatable bonds is 11. The zero-order valence-corrected chi connectivity index (χ0v) is 24.4. The lowest BCUT2D eigenvalue weighted by Gasteiger charge is -2.31. The van der Waals surface area contributed by atoms with Gasteiger partial charge in [0.15, 0.2) is 0 Å². The summed E-state index contributed by atoms with van der Waals surface area (Å²) >= 11 is 6.17. The van der Waals surface area contributed by atoms with Crippen LogP contribution in [0.25, 0.3) is 0 Å². The molecule has 38 heavy (non-hydrogen) atoms. The average molecular weight is 562 g/mol. The van der Waals surface area contributed by atoms with Crippen LogP contribution in [0.4, 0.5) is 5.69 Å². The van der Waals surface area contributed by atoms with Gasteiger partial charge in [0.2, 0.25) is 21.8 Å². The third-order valence-electron chi connectivity index (χ3n) is 7.29. The van der Waals surface area contributed by atoms with E-state index in [2.05, 4.69) is 5.32 Å². The normalized spacial score (nSPS) is 15.1. The molecule has 3 rings (SSSR count). The first-order valence-electron chi connectivity index (χ1n) is 13.3. The largest absolute Gasteiger partial charge is 0.352 e. The number of anilines is 1. The second-order valence-corrected chi connectivity index (χ2v) is 12.7. The topological polar surface area (TPSA) is 86.8 Å². The van der Waals surface area contributed by atoms with Crippen molar-refractivity contribution < 1.29 is 18.0 Å². The van der Waals surface area contributed by atoms with Gasteiger partial charge >= 0.3 is 0 Å². The van der Waals surface area contributed by atoms with E-state index in [1.807, 2.05) is 38.1 Å². The molecule has 0 radical (unpaired) electrons. The van der Waals surface area contributed by atoms with Crippen molar-refractivity contribution in [2.75, 3.05) is 17.1 Å². The Kier molecular flexibility index (Phi) is 10.6. The summed E-state index contributed by atoms with van der Waals surface area (Å²) in [5.74, 6) is -0.370. The molecule has 0 heterocycles. The van der Waals surface area contributed by atoms with E-state index in [-0.39, 0.29) is 37.4 Å². The summed E-state index contributed by atoms with van der Waals surface area (Å²) < 4.78 is 26.5. The number of nitrogens with one attached hydrogen (secondary N) is 1. The quantitative estimate of drug-likeness (QED) is 0.399. The first kappa shape index (κ1) is 30.0. The van der Waals surface area contributed by atoms with Crippen LogP contribution in [0.2, 0.25) is 5.02 Å². The van der Waals surface area contributed by atoms with Gasteiger partial charge in [-0.05, 0) is 81.0 Å². The molecule has 1 fully saturated rings. The molecular formula is C29H40ClN3O4S. The van der Waals surface area contributed by atoms with Gasteiger partial charge in [-0.15, -0.1) is 0 Å². The van der Waals surface area contributed by atoms with Crippen molar-refractivity contribution >= 4 is 39.1 Å². The molecule has 1 N–H and O–H groups in total. The lowest BCUT2D eigenvalue weighted by molar-refractivity contribution is -0.141. The Morgan fingerprint density at radius 2 is 1.76 bits per heavy atom. The molecule has 0 saturated heterocycles. The van der Waals surface area contributed by atoms with E-state index >= 15 is 0 Å². The maximum atomic E-state index is 13.5. The monoisotopic (exact) mass is 561 g/mol. The van der Waals surface area contributed by atoms with Gasteiger partial charge in [-0.3, -0.25) is 13.9 Å². The van der Waals surface area contributed by atoms with E-state index in [1.54, 1.807) is 30.0 Å². The minimum Gasteiger partial charge on any atom is -0.352 e. The third-order valence-corrected chi connectivity index (χ3v) is 8.72. The molecule has 0 aliphatic heterocycles. The number of hydrogen-bond acceptors (Lipinski definition) is 4. The Morgan fingerprint density at radius 1 is 1.05 bits per heavy atom. The fourth-order valence-electron chi connectivity index (χ4n) is 4.87. The van der Waals surface area contributed by atoms with E-state index in [1.165, 1.54) is 17.0 Å². The maximum Gasteiger partial charge on any atom is 0.242 e. The molecule has 1 saturated carbocycles. The van der Waals surface area contributed by atoms with Gasteiger partial charge in [0.25, 0.3) is 0 Å². The highest BCUT2D eigenvalue weighted by atomic mass is 35.5. The summed E-state index contributed by atoms with van der Waals surface area (Å²) in [4.78, 5) is 28.2. The number of halogens is 1. The van der Waals surface area contributed by atoms with Crippen molar-refractivity contribution in [3.63, 3.8) is 0 Å². The van der Waals surface area contributed by atoms with Crippen LogP contribution < -0.4 is 9.62 Å². The summed E-state index contributed by atoms with van der Waals surface area (Å²) in [5, 5.41) is 3.69. The van der Waals surface area contributed by atoms with Gasteiger partial charge < -0.3 is 10.2 Å². The zero-order valence-electron chi connectivity index (χ0n) is 22.9. The van der Waals surface area contributed by atoms with Crippen molar-refractivity contribution in [1.29, 1.82) is 0 Å². The number of sulfonamides is 1. The van der Waals surface area contributed by atoms with E-state index < -0.39 is 16.1 Å². The molecule has 1 aliphatic rings. The maximum absolute atomic E-state index is 13.5. The molecule has 208 valence electrons. The summed E-state index contributed by atoms with van der Waals surface area (Å²) in [6.45, 7) is 6.07. The Morgan fingerprint density at radius 3 is 2.39 bits per heavy atom. The fourth-order valence-corrected chi connectivity index (χ4v) is 6.04. The van der Waals surface area contributed by atoms with Gasteiger partial charge in [-0.25, -0.2) is 8.42 Å². The number of amides is 2. The van der Waals surface area contributed by atoms with Crippen LogP contribution in [0.1, 0.15) is 68.6 Å². The number of aryl methyl sites for hydroxylation is 2. The highest BCUT2D eigenvalue weighted by Gasteiger charge is 2.28. The molecule has 2 aromatic carbocycles. The smallest absolute Gasteiger partial charge is 0.242 e. The zero-order chi connectivity index (χ0) is 27.9. The summed E-state index contributed by atoms with van der Waals surface area (Å²) in [6, 6.07) is 12.3. The number of benzene rings is 2. The van der Waals surface area contributed by atoms with E-state index in [9.17, 15) is 18.0 Å². The Balaban J connectivity index is 1.72. The fraction of sp³-hybridized carbons (Fsp3) is 0.517. The highest BCUT2D eigenvalue weighted by molar-refractivity contribution is 7.92. The predicted molar refractivity (Wildman–Crippen MR) is 154 cm³/mol. The Hall–Kier alpha value is -2.58. The third kappa shape index (κ3) is 8.46. The van der Waals surface area contributed by atoms with Crippen LogP contribution in [-0.4, -0.2) is 50.0 Å². The standard InChI is InChI=1S/C29H40ClN3O4S/c1-21-15-16-27(18-22(21)2)33(38(4,36)37)17-9-14-28(34)32(20-24-10-8-11-25(30)19-24)23(3)29(35)31-26-12-6-5-7-13-26/h8,10-11,15-16,18-19,23,26H,5-7,9,12-14,17,20H2,1-4H3,(H,31,35)/t23-/m0/s1. The van der Waals surface area contributed by atoms with Crippen LogP contribution in [0.5, 0.6) is 0 Å². The molecule has 1 aliphatic carbocycles. The molecule has 0 unspecified atom stereocenters. The minimum absolute atomic E-state index is 0.110. The highest BCUT2D eigenvalue weighted by Crippen LogP contribution is 2.23. The van der Waals surface area contributed by atoms with Gasteiger partial charge in [0, 0.05) is 30.6 Å². The van der Waals surface area contributed by atoms with Gasteiger partial charge in [-0.2, -0.15) is 0 Å². The number of carbonyl (C=O) groups excluding carboxylic acids is 2. The average Bonchev–Trinajstić information content (AvgIpc) is 2.86. The van der Waals surface area contributed by atoms with Gasteiger partial charge in [0.1, 0.15) is 6.04 Å². The Labute approximate surface area is 232 Å². The lowest BCUT2D eigenvalue weighted by atomic mass is 9.95. The van der Waals surface area contributed by atoms with Crippen molar-refractivity contribution in [2.24, 2.45) is 0 Å². The first-order chi connectivity index (χ1) is 18.0. The molecule has 0 aromatic heterocycles. The summed E-state index contributed by atoms with van der Waals surface area (Å²) in [7, 11) is -3.54. The van der Waals surface area contributed by atoms with Crippen LogP contribution in [0.15, 0.2) is 42.5 Å². The molecular weight excluding hydrogens is 522 g/mol. The first-order valence-corrected chi connectivity index (χ1v) is 15.6. The lowest BCUT2D eigenvalue weighted by Crippen LogP contribution is -2.50. The summed E-state index contributed by atoms with van der Waals surface area (Å²) in [5.41, 5.74) is 3.49. The molecule has 0 spiro atoms. The molecule has 2 aromatic rings. The summed E-state index contributed by atoms with van der Waals surface area (Å²) in [6.07, 6.45) is 6.91. The SMILES string of the molecule is Cc1ccc(N(CCCC(=O)N(Cc2cccc(Cl)c2)[C@@H](C)C(=O)NC2CCCCC2)S(C)(=O)=O)cc1C. The van der Waals surface area contributed by atoms with Crippen molar-refractivity contribution in [3.05, 3.63) is 64.2 Å². The predicted octanol–water partition coefficient (Wildman–Crippen LogP) is 5.37. The number of nitrogens with zero attached hydrogens (tertiary/aromatic N) is 2. The Bertz CT molecular complexity index is 1230. The molecule has 7 nitrogen and oxygen atoms in total. The van der Waals surface area contributed by atoms with Crippen LogP contribution in [-0.2, 0) is 26.2 Å². The number of hydrogen-bond donors (Lipinski definition) is 1. The van der Waals surface area contributed by atoms with E-state index in [0.717, 1.165) is 42.4 Å². The van der Waals surface area contributed by atoms with Crippen molar-refractivity contribution in [1.82, 2.24) is 10.2 Å².